The van der Waals surface area contributed by atoms with Crippen molar-refractivity contribution in [2.45, 2.75) is 51.7 Å². The Morgan fingerprint density at radius 3 is 2.62 bits per heavy atom. The molecule has 1 unspecified atom stereocenters. The summed E-state index contributed by atoms with van der Waals surface area (Å²) in [5, 5.41) is 3.81. The highest BCUT2D eigenvalue weighted by atomic mass is 16.5. The van der Waals surface area contributed by atoms with Crippen LogP contribution in [0.25, 0.3) is 0 Å². The summed E-state index contributed by atoms with van der Waals surface area (Å²) in [4.78, 5) is 0. The van der Waals surface area contributed by atoms with Gasteiger partial charge in [-0.05, 0) is 38.2 Å². The Balaban J connectivity index is 1.72. The summed E-state index contributed by atoms with van der Waals surface area (Å²) in [6, 6.07) is 8.81. The molecule has 0 aliphatic carbocycles. The lowest BCUT2D eigenvalue weighted by molar-refractivity contribution is 0.0180. The summed E-state index contributed by atoms with van der Waals surface area (Å²) >= 11 is 0. The van der Waals surface area contributed by atoms with Gasteiger partial charge in [-0.15, -0.1) is 0 Å². The van der Waals surface area contributed by atoms with Crippen LogP contribution in [0.1, 0.15) is 51.6 Å². The molecular weight excluding hydrogens is 262 g/mol. The number of hydrogen-bond acceptors (Lipinski definition) is 3. The predicted octanol–water partition coefficient (Wildman–Crippen LogP) is 3.70. The highest BCUT2D eigenvalue weighted by Crippen LogP contribution is 2.40. The van der Waals surface area contributed by atoms with Crippen molar-refractivity contribution < 1.29 is 9.47 Å². The summed E-state index contributed by atoms with van der Waals surface area (Å²) in [5.41, 5.74) is 1.55. The Kier molecular flexibility index (Phi) is 3.98. The van der Waals surface area contributed by atoms with Crippen molar-refractivity contribution in [1.29, 1.82) is 0 Å². The quantitative estimate of drug-likeness (QED) is 0.920. The molecule has 2 aliphatic rings. The summed E-state index contributed by atoms with van der Waals surface area (Å²) in [5.74, 6) is 1.03. The number of hydrogen-bond donors (Lipinski definition) is 1. The molecular formula is C18H27NO2. The molecule has 0 aromatic heterocycles. The number of ether oxygens (including phenoxy) is 2. The van der Waals surface area contributed by atoms with Crippen molar-refractivity contribution in [3.05, 3.63) is 29.8 Å². The highest BCUT2D eigenvalue weighted by Gasteiger charge is 2.35. The Morgan fingerprint density at radius 2 is 1.86 bits per heavy atom. The largest absolute Gasteiger partial charge is 0.487 e. The van der Waals surface area contributed by atoms with E-state index in [0.29, 0.717) is 11.5 Å². The lowest BCUT2D eigenvalue weighted by Gasteiger charge is -2.40. The highest BCUT2D eigenvalue weighted by molar-refractivity contribution is 5.38. The van der Waals surface area contributed by atoms with E-state index in [2.05, 4.69) is 50.4 Å². The average Bonchev–Trinajstić information content (AvgIpc) is 2.44. The van der Waals surface area contributed by atoms with Gasteiger partial charge in [0.05, 0.1) is 0 Å². The first kappa shape index (κ1) is 14.9. The normalized spacial score (nSPS) is 26.7. The first-order valence-corrected chi connectivity index (χ1v) is 8.07. The van der Waals surface area contributed by atoms with E-state index in [-0.39, 0.29) is 5.60 Å². The van der Waals surface area contributed by atoms with Gasteiger partial charge in [0.1, 0.15) is 11.4 Å². The molecule has 0 radical (unpaired) electrons. The fraction of sp³-hybridized carbons (Fsp3) is 0.667. The van der Waals surface area contributed by atoms with Crippen LogP contribution in [-0.2, 0) is 4.74 Å². The number of nitrogens with one attached hydrogen (secondary N) is 1. The molecule has 3 nitrogen and oxygen atoms in total. The van der Waals surface area contributed by atoms with Gasteiger partial charge in [0, 0.05) is 37.8 Å². The zero-order valence-electron chi connectivity index (χ0n) is 13.4. The van der Waals surface area contributed by atoms with E-state index < -0.39 is 0 Å². The van der Waals surface area contributed by atoms with E-state index in [1.807, 2.05) is 0 Å². The number of para-hydroxylation sites is 1. The Bertz CT molecular complexity index is 492. The van der Waals surface area contributed by atoms with E-state index in [4.69, 9.17) is 9.47 Å². The predicted molar refractivity (Wildman–Crippen MR) is 84.7 cm³/mol. The molecule has 116 valence electrons. The zero-order valence-corrected chi connectivity index (χ0v) is 13.4. The second-order valence-electron chi connectivity index (χ2n) is 7.46. The Morgan fingerprint density at radius 1 is 1.14 bits per heavy atom. The molecule has 2 heterocycles. The van der Waals surface area contributed by atoms with Gasteiger partial charge in [0.25, 0.3) is 0 Å². The van der Waals surface area contributed by atoms with Crippen molar-refractivity contribution >= 4 is 0 Å². The van der Waals surface area contributed by atoms with Crippen LogP contribution in [0, 0.1) is 5.41 Å². The minimum Gasteiger partial charge on any atom is -0.487 e. The molecule has 1 saturated heterocycles. The number of rotatable bonds is 3. The smallest absolute Gasteiger partial charge is 0.124 e. The van der Waals surface area contributed by atoms with E-state index in [1.165, 1.54) is 5.56 Å². The first-order chi connectivity index (χ1) is 9.98. The summed E-state index contributed by atoms with van der Waals surface area (Å²) in [6.07, 6.45) is 3.30. The minimum absolute atomic E-state index is 0.109. The third-order valence-electron chi connectivity index (χ3n) is 4.85. The maximum Gasteiger partial charge on any atom is 0.124 e. The number of fused-ring (bicyclic) bond motifs is 1. The maximum absolute atomic E-state index is 6.11. The average molecular weight is 289 g/mol. The third-order valence-corrected chi connectivity index (χ3v) is 4.85. The topological polar surface area (TPSA) is 30.5 Å². The van der Waals surface area contributed by atoms with Gasteiger partial charge in [0.2, 0.25) is 0 Å². The molecule has 1 N–H and O–H groups in total. The summed E-state index contributed by atoms with van der Waals surface area (Å²) in [6.45, 7) is 9.56. The standard InChI is InChI=1S/C18H27NO2/c1-17(2)12-15(14-6-4-5-7-16(14)21-17)19-13-18(3)8-10-20-11-9-18/h4-7,15,19H,8-13H2,1-3H3. The Hall–Kier alpha value is -1.06. The molecule has 3 rings (SSSR count). The molecule has 0 amide bonds. The maximum atomic E-state index is 6.11. The molecule has 1 fully saturated rings. The minimum atomic E-state index is -0.109. The third kappa shape index (κ3) is 3.41. The molecule has 0 spiro atoms. The van der Waals surface area contributed by atoms with Gasteiger partial charge in [-0.25, -0.2) is 0 Å². The molecule has 0 bridgehead atoms. The van der Waals surface area contributed by atoms with Gasteiger partial charge in [-0.2, -0.15) is 0 Å². The fourth-order valence-electron chi connectivity index (χ4n) is 3.39. The fourth-order valence-corrected chi connectivity index (χ4v) is 3.39. The SMILES string of the molecule is CC1(CNC2CC(C)(C)Oc3ccccc32)CCOCC1. The van der Waals surface area contributed by atoms with Gasteiger partial charge < -0.3 is 14.8 Å². The molecule has 2 aliphatic heterocycles. The monoisotopic (exact) mass is 289 g/mol. The van der Waals surface area contributed by atoms with Crippen molar-refractivity contribution in [3.8, 4) is 5.75 Å². The Labute approximate surface area is 128 Å². The van der Waals surface area contributed by atoms with Crippen molar-refractivity contribution in [3.63, 3.8) is 0 Å². The summed E-state index contributed by atoms with van der Waals surface area (Å²) < 4.78 is 11.6. The molecule has 21 heavy (non-hydrogen) atoms. The van der Waals surface area contributed by atoms with E-state index in [9.17, 15) is 0 Å². The molecule has 1 aromatic carbocycles. The summed E-state index contributed by atoms with van der Waals surface area (Å²) in [7, 11) is 0. The van der Waals surface area contributed by atoms with Crippen LogP contribution >= 0.6 is 0 Å². The van der Waals surface area contributed by atoms with Crippen LogP contribution < -0.4 is 10.1 Å². The van der Waals surface area contributed by atoms with Gasteiger partial charge in [0.15, 0.2) is 0 Å². The van der Waals surface area contributed by atoms with Crippen molar-refractivity contribution in [2.24, 2.45) is 5.41 Å². The molecule has 0 saturated carbocycles. The zero-order chi connectivity index (χ0) is 14.9. The van der Waals surface area contributed by atoms with Crippen molar-refractivity contribution in [1.82, 2.24) is 5.32 Å². The van der Waals surface area contributed by atoms with E-state index in [1.54, 1.807) is 0 Å². The van der Waals surface area contributed by atoms with Crippen LogP contribution in [-0.4, -0.2) is 25.4 Å². The second-order valence-corrected chi connectivity index (χ2v) is 7.46. The molecule has 1 atom stereocenters. The second kappa shape index (κ2) is 5.62. The number of benzene rings is 1. The van der Waals surface area contributed by atoms with E-state index >= 15 is 0 Å². The van der Waals surface area contributed by atoms with Crippen molar-refractivity contribution in [2.75, 3.05) is 19.8 Å². The van der Waals surface area contributed by atoms with Gasteiger partial charge in [-0.3, -0.25) is 0 Å². The van der Waals surface area contributed by atoms with Crippen LogP contribution in [0.3, 0.4) is 0 Å². The van der Waals surface area contributed by atoms with Crippen LogP contribution in [0.2, 0.25) is 0 Å². The van der Waals surface area contributed by atoms with Crippen LogP contribution in [0.15, 0.2) is 24.3 Å². The van der Waals surface area contributed by atoms with Gasteiger partial charge in [-0.1, -0.05) is 25.1 Å². The van der Waals surface area contributed by atoms with Crippen LogP contribution in [0.4, 0.5) is 0 Å². The molecule has 1 aromatic rings. The van der Waals surface area contributed by atoms with E-state index in [0.717, 1.165) is 44.8 Å². The lowest BCUT2D eigenvalue weighted by atomic mass is 9.81. The van der Waals surface area contributed by atoms with Gasteiger partial charge >= 0.3 is 0 Å². The lowest BCUT2D eigenvalue weighted by Crippen LogP contribution is -2.43. The van der Waals surface area contributed by atoms with Crippen LogP contribution in [0.5, 0.6) is 5.75 Å². The molecule has 3 heteroatoms. The first-order valence-electron chi connectivity index (χ1n) is 8.07.